The van der Waals surface area contributed by atoms with Crippen molar-refractivity contribution in [2.24, 2.45) is 0 Å². The van der Waals surface area contributed by atoms with Crippen molar-refractivity contribution in [2.45, 2.75) is 25.6 Å². The van der Waals surface area contributed by atoms with Crippen LogP contribution in [0.5, 0.6) is 5.75 Å². The zero-order chi connectivity index (χ0) is 18.4. The van der Waals surface area contributed by atoms with Crippen molar-refractivity contribution >= 4 is 28.5 Å². The molecule has 25 heavy (non-hydrogen) atoms. The lowest BCUT2D eigenvalue weighted by Gasteiger charge is -2.14. The van der Waals surface area contributed by atoms with Crippen LogP contribution in [-0.4, -0.2) is 23.7 Å². The second kappa shape index (κ2) is 8.50. The minimum atomic E-state index is -4.39. The molecular formula is C17H16F3IN2O2. The summed E-state index contributed by atoms with van der Waals surface area (Å²) in [4.78, 5) is 16.1. The van der Waals surface area contributed by atoms with E-state index >= 15 is 0 Å². The molecule has 1 atom stereocenters. The number of aromatic nitrogens is 1. The van der Waals surface area contributed by atoms with Crippen LogP contribution in [0.15, 0.2) is 42.6 Å². The van der Waals surface area contributed by atoms with Gasteiger partial charge in [0.25, 0.3) is 0 Å². The van der Waals surface area contributed by atoms with E-state index < -0.39 is 12.8 Å². The van der Waals surface area contributed by atoms with E-state index in [1.807, 2.05) is 24.3 Å². The molecule has 0 unspecified atom stereocenters. The number of nitrogens with one attached hydrogen (secondary N) is 1. The Kier molecular flexibility index (Phi) is 6.63. The fourth-order valence-electron chi connectivity index (χ4n) is 2.05. The zero-order valence-corrected chi connectivity index (χ0v) is 15.5. The lowest BCUT2D eigenvalue weighted by Crippen LogP contribution is -2.28. The highest BCUT2D eigenvalue weighted by Crippen LogP contribution is 2.19. The Bertz CT molecular complexity index is 703. The highest BCUT2D eigenvalue weighted by atomic mass is 127. The summed E-state index contributed by atoms with van der Waals surface area (Å²) in [5, 5.41) is 2.81. The van der Waals surface area contributed by atoms with Gasteiger partial charge >= 0.3 is 6.18 Å². The lowest BCUT2D eigenvalue weighted by atomic mass is 10.1. The van der Waals surface area contributed by atoms with Crippen LogP contribution in [0.3, 0.4) is 0 Å². The van der Waals surface area contributed by atoms with Gasteiger partial charge in [-0.25, -0.2) is 0 Å². The van der Waals surface area contributed by atoms with Gasteiger partial charge in [0.1, 0.15) is 5.75 Å². The number of amides is 1. The minimum absolute atomic E-state index is 0.0264. The molecule has 4 nitrogen and oxygen atoms in total. The van der Waals surface area contributed by atoms with Gasteiger partial charge in [-0.1, -0.05) is 12.1 Å². The maximum absolute atomic E-state index is 12.1. The Morgan fingerprint density at radius 2 is 1.92 bits per heavy atom. The molecule has 0 aliphatic rings. The van der Waals surface area contributed by atoms with E-state index in [1.54, 1.807) is 6.92 Å². The van der Waals surface area contributed by atoms with Crippen LogP contribution in [0.4, 0.5) is 13.2 Å². The third-order valence-corrected chi connectivity index (χ3v) is 3.98. The van der Waals surface area contributed by atoms with E-state index in [2.05, 4.69) is 37.6 Å². The molecular weight excluding hydrogens is 448 g/mol. The molecule has 1 amide bonds. The standard InChI is InChI=1S/C17H16F3IN2O2/c1-11(23-16(24)8-12-2-4-13(21)5-3-12)15-7-6-14(9-22-15)25-10-17(18,19)20/h2-7,9,11H,8,10H2,1H3,(H,23,24)/t11-/m1/s1. The van der Waals surface area contributed by atoms with Crippen LogP contribution < -0.4 is 10.1 Å². The number of carbonyl (C=O) groups excluding carboxylic acids is 1. The third-order valence-electron chi connectivity index (χ3n) is 3.26. The molecule has 1 N–H and O–H groups in total. The van der Waals surface area contributed by atoms with Gasteiger partial charge in [0, 0.05) is 3.57 Å². The monoisotopic (exact) mass is 464 g/mol. The van der Waals surface area contributed by atoms with Crippen molar-refractivity contribution < 1.29 is 22.7 Å². The number of hydrogen-bond acceptors (Lipinski definition) is 3. The molecule has 0 spiro atoms. The van der Waals surface area contributed by atoms with Gasteiger partial charge in [0.15, 0.2) is 6.61 Å². The number of benzene rings is 1. The molecule has 2 aromatic rings. The average Bonchev–Trinajstić information content (AvgIpc) is 2.55. The number of nitrogens with zero attached hydrogens (tertiary/aromatic N) is 1. The Morgan fingerprint density at radius 1 is 1.24 bits per heavy atom. The summed E-state index contributed by atoms with van der Waals surface area (Å²) in [6.45, 7) is 0.390. The van der Waals surface area contributed by atoms with Gasteiger partial charge in [-0.15, -0.1) is 0 Å². The van der Waals surface area contributed by atoms with Gasteiger partial charge < -0.3 is 10.1 Å². The molecule has 1 aromatic carbocycles. The van der Waals surface area contributed by atoms with Crippen molar-refractivity contribution in [1.82, 2.24) is 10.3 Å². The molecule has 0 saturated heterocycles. The first-order valence-electron chi connectivity index (χ1n) is 7.42. The van der Waals surface area contributed by atoms with Gasteiger partial charge in [0.05, 0.1) is 24.4 Å². The van der Waals surface area contributed by atoms with E-state index in [0.717, 1.165) is 9.13 Å². The van der Waals surface area contributed by atoms with E-state index in [4.69, 9.17) is 0 Å². The molecule has 0 radical (unpaired) electrons. The summed E-state index contributed by atoms with van der Waals surface area (Å²) in [5.74, 6) is -0.133. The molecule has 0 bridgehead atoms. The van der Waals surface area contributed by atoms with Gasteiger partial charge in [-0.3, -0.25) is 9.78 Å². The second-order valence-electron chi connectivity index (χ2n) is 5.42. The topological polar surface area (TPSA) is 51.2 Å². The molecule has 2 rings (SSSR count). The normalized spacial score (nSPS) is 12.5. The first kappa shape index (κ1) is 19.5. The number of rotatable bonds is 6. The van der Waals surface area contributed by atoms with Crippen molar-refractivity contribution in [3.8, 4) is 5.75 Å². The van der Waals surface area contributed by atoms with E-state index in [0.29, 0.717) is 5.69 Å². The van der Waals surface area contributed by atoms with Crippen LogP contribution in [0.25, 0.3) is 0 Å². The number of pyridine rings is 1. The number of hydrogen-bond donors (Lipinski definition) is 1. The SMILES string of the molecule is C[C@@H](NC(=O)Cc1ccc(I)cc1)c1ccc(OCC(F)(F)F)cn1. The Morgan fingerprint density at radius 3 is 2.48 bits per heavy atom. The van der Waals surface area contributed by atoms with Crippen molar-refractivity contribution in [3.05, 3.63) is 57.4 Å². The number of halogens is 4. The fraction of sp³-hybridized carbons (Fsp3) is 0.294. The molecule has 134 valence electrons. The highest BCUT2D eigenvalue weighted by Gasteiger charge is 2.28. The molecule has 0 fully saturated rings. The lowest BCUT2D eigenvalue weighted by molar-refractivity contribution is -0.153. The van der Waals surface area contributed by atoms with Crippen LogP contribution in [0.2, 0.25) is 0 Å². The van der Waals surface area contributed by atoms with Crippen molar-refractivity contribution in [3.63, 3.8) is 0 Å². The number of ether oxygens (including phenoxy) is 1. The second-order valence-corrected chi connectivity index (χ2v) is 6.66. The van der Waals surface area contributed by atoms with Crippen LogP contribution in [-0.2, 0) is 11.2 Å². The molecule has 0 saturated carbocycles. The van der Waals surface area contributed by atoms with E-state index in [9.17, 15) is 18.0 Å². The summed E-state index contributed by atoms with van der Waals surface area (Å²) in [6.07, 6.45) is -2.94. The van der Waals surface area contributed by atoms with Gasteiger partial charge in [-0.2, -0.15) is 13.2 Å². The minimum Gasteiger partial charge on any atom is -0.483 e. The third kappa shape index (κ3) is 6.89. The number of alkyl halides is 3. The smallest absolute Gasteiger partial charge is 0.422 e. The summed E-state index contributed by atoms with van der Waals surface area (Å²) >= 11 is 2.19. The molecule has 1 aromatic heterocycles. The van der Waals surface area contributed by atoms with Crippen LogP contribution in [0, 0.1) is 3.57 Å². The molecule has 0 aliphatic heterocycles. The predicted molar refractivity (Wildman–Crippen MR) is 95.2 cm³/mol. The Balaban J connectivity index is 1.88. The molecule has 8 heteroatoms. The zero-order valence-electron chi connectivity index (χ0n) is 13.3. The number of carbonyl (C=O) groups is 1. The average molecular weight is 464 g/mol. The first-order valence-corrected chi connectivity index (χ1v) is 8.50. The van der Waals surface area contributed by atoms with Crippen LogP contribution in [0.1, 0.15) is 24.2 Å². The van der Waals surface area contributed by atoms with Gasteiger partial charge in [0.2, 0.25) is 5.91 Å². The first-order chi connectivity index (χ1) is 11.7. The van der Waals surface area contributed by atoms with Crippen LogP contribution >= 0.6 is 22.6 Å². The summed E-state index contributed by atoms with van der Waals surface area (Å²) in [5.41, 5.74) is 1.43. The Labute approximate surface area is 156 Å². The predicted octanol–water partition coefficient (Wildman–Crippen LogP) is 4.05. The van der Waals surface area contributed by atoms with Crippen molar-refractivity contribution in [1.29, 1.82) is 0 Å². The highest BCUT2D eigenvalue weighted by molar-refractivity contribution is 14.1. The molecule has 1 heterocycles. The summed E-state index contributed by atoms with van der Waals surface area (Å²) < 4.78 is 42.0. The summed E-state index contributed by atoms with van der Waals surface area (Å²) in [7, 11) is 0. The van der Waals surface area contributed by atoms with Gasteiger partial charge in [-0.05, 0) is 59.3 Å². The molecule has 0 aliphatic carbocycles. The van der Waals surface area contributed by atoms with E-state index in [1.165, 1.54) is 18.3 Å². The fourth-order valence-corrected chi connectivity index (χ4v) is 2.41. The quantitative estimate of drug-likeness (QED) is 0.657. The maximum atomic E-state index is 12.1. The van der Waals surface area contributed by atoms with E-state index in [-0.39, 0.29) is 24.1 Å². The maximum Gasteiger partial charge on any atom is 0.422 e. The van der Waals surface area contributed by atoms with Crippen molar-refractivity contribution in [2.75, 3.05) is 6.61 Å². The summed E-state index contributed by atoms with van der Waals surface area (Å²) in [6, 6.07) is 10.2. The largest absolute Gasteiger partial charge is 0.483 e. The Hall–Kier alpha value is -1.84.